The molecule has 4 unspecified atom stereocenters. The highest BCUT2D eigenvalue weighted by molar-refractivity contribution is 7.86. The summed E-state index contributed by atoms with van der Waals surface area (Å²) in [5.41, 5.74) is 12.6. The number of primary amides is 1. The quantitative estimate of drug-likeness (QED) is 0.0134. The molecule has 0 bridgehead atoms. The van der Waals surface area contributed by atoms with E-state index in [-0.39, 0.29) is 79.0 Å². The number of allylic oxidation sites excluding steroid dienone is 13. The standard InChI is InChI=1S/C71H82N6O15S2/c1-8-75-58-30-24-45-23-27-50(93(87,88)89)38-54(45)66(58)71(6,7)62(75)19-13-10-12-17-56-51(53-29-28-52-55(65(53)70(56,4)5)32-42(2)33-61(52)94(90,91)92)16-11-9-14-20-63(82)73-39-48(79)34-43(3)68(85)74-40-64(83)77-41-49(80)37-59(77)69(86)76-31-15-18-57(76)60(81)36-46(67(72)84)35-44-21-25-47(78)26-22-44/h10,12-13,17,19,21-25,27-30,32-33,38,43,46,49,57,59,80H,8-9,11,14-16,18,20,31,34-37,39-41H2,1-7H3,(H6-,72,73,74,78,82,84,85,87,88,89,90,91,92)/p+1/b13-10+,17-12+,62-19+/t43?,46?,49-,57?,59?/m0/s1. The average Bonchev–Trinajstić information content (AvgIpc) is 1.60. The van der Waals surface area contributed by atoms with E-state index >= 15 is 0 Å². The third-order valence-corrected chi connectivity index (χ3v) is 20.6. The van der Waals surface area contributed by atoms with Crippen molar-refractivity contribution in [3.63, 3.8) is 0 Å². The van der Waals surface area contributed by atoms with E-state index in [4.69, 9.17) is 5.73 Å². The number of aliphatic hydroxyl groups excluding tert-OH is 2. The Hall–Kier alpha value is -8.44. The molecule has 498 valence electrons. The second-order valence-electron chi connectivity index (χ2n) is 26.2. The molecule has 21 nitrogen and oxygen atoms in total. The van der Waals surface area contributed by atoms with Crippen LogP contribution in [0.25, 0.3) is 27.1 Å². The van der Waals surface area contributed by atoms with Crippen LogP contribution in [0, 0.1) is 24.8 Å². The van der Waals surface area contributed by atoms with Gasteiger partial charge in [0.15, 0.2) is 11.6 Å². The van der Waals surface area contributed by atoms with Gasteiger partial charge in [-0.3, -0.25) is 42.7 Å². The molecular weight excluding hydrogens is 1240 g/mol. The molecule has 2 fully saturated rings. The lowest BCUT2D eigenvalue weighted by molar-refractivity contribution is -0.146. The van der Waals surface area contributed by atoms with Crippen LogP contribution < -0.4 is 21.3 Å². The molecule has 5 amide bonds. The van der Waals surface area contributed by atoms with E-state index in [0.717, 1.165) is 50.0 Å². The number of unbranched alkanes of at least 4 members (excludes halogenated alkanes) is 2. The number of rotatable bonds is 26. The number of amides is 5. The second-order valence-corrected chi connectivity index (χ2v) is 29.0. The van der Waals surface area contributed by atoms with Crippen molar-refractivity contribution in [3.8, 4) is 0 Å². The number of fused-ring (bicyclic) bond motifs is 6. The van der Waals surface area contributed by atoms with Crippen LogP contribution in [0.3, 0.4) is 0 Å². The van der Waals surface area contributed by atoms with E-state index in [1.807, 2.05) is 55.5 Å². The topological polar surface area (TPSA) is 328 Å². The number of aliphatic hydroxyl groups is 2. The van der Waals surface area contributed by atoms with Crippen molar-refractivity contribution in [1.82, 2.24) is 20.4 Å². The number of carbonyl (C=O) groups excluding carboxylic acids is 7. The smallest absolute Gasteiger partial charge is 0.295 e. The average molecular weight is 1320 g/mol. The lowest BCUT2D eigenvalue weighted by atomic mass is 9.78. The van der Waals surface area contributed by atoms with E-state index in [2.05, 4.69) is 55.4 Å². The fourth-order valence-corrected chi connectivity index (χ4v) is 15.5. The minimum atomic E-state index is -4.57. The summed E-state index contributed by atoms with van der Waals surface area (Å²) in [6.45, 7) is 13.5. The van der Waals surface area contributed by atoms with Crippen LogP contribution in [0.4, 0.5) is 5.69 Å². The number of nitrogens with zero attached hydrogens (tertiary/aromatic N) is 3. The van der Waals surface area contributed by atoms with Crippen molar-refractivity contribution in [3.05, 3.63) is 154 Å². The number of carbonyl (C=O) groups is 7. The number of aryl methyl sites for hydroxylation is 1. The van der Waals surface area contributed by atoms with Gasteiger partial charge >= 0.3 is 0 Å². The lowest BCUT2D eigenvalue weighted by Crippen LogP contribution is -2.53. The molecule has 2 saturated heterocycles. The Balaban J connectivity index is 0.783. The first-order valence-corrected chi connectivity index (χ1v) is 34.7. The van der Waals surface area contributed by atoms with Gasteiger partial charge in [-0.25, -0.2) is 0 Å². The summed E-state index contributed by atoms with van der Waals surface area (Å²) in [5, 5.41) is 28.1. The zero-order valence-corrected chi connectivity index (χ0v) is 55.7. The third-order valence-electron chi connectivity index (χ3n) is 18.8. The zero-order chi connectivity index (χ0) is 68.4. The molecule has 2 aliphatic carbocycles. The third kappa shape index (κ3) is 15.0. The molecule has 3 heterocycles. The minimum Gasteiger partial charge on any atom is -0.481 e. The summed E-state index contributed by atoms with van der Waals surface area (Å²) in [7, 11) is -9.02. The van der Waals surface area contributed by atoms with Crippen molar-refractivity contribution < 1.29 is 69.7 Å². The van der Waals surface area contributed by atoms with Gasteiger partial charge in [-0.2, -0.15) is 16.8 Å². The number of likely N-dealkylation sites (N-methyl/N-ethyl adjacent to an activating group) is 1. The summed E-state index contributed by atoms with van der Waals surface area (Å²) in [4.78, 5) is 97.5. The highest BCUT2D eigenvalue weighted by atomic mass is 32.2. The van der Waals surface area contributed by atoms with E-state index in [1.165, 1.54) is 47.1 Å². The summed E-state index contributed by atoms with van der Waals surface area (Å²) in [6.07, 6.45) is 19.0. The van der Waals surface area contributed by atoms with Crippen molar-refractivity contribution in [2.75, 3.05) is 37.6 Å². The number of hydrogen-bond donors (Lipinski definition) is 7. The van der Waals surface area contributed by atoms with E-state index < -0.39 is 97.0 Å². The zero-order valence-electron chi connectivity index (χ0n) is 54.0. The predicted molar refractivity (Wildman–Crippen MR) is 357 cm³/mol. The number of nitrogens with two attached hydrogens (primary N) is 1. The first-order valence-electron chi connectivity index (χ1n) is 31.8. The van der Waals surface area contributed by atoms with E-state index in [0.29, 0.717) is 67.0 Å². The highest BCUT2D eigenvalue weighted by Gasteiger charge is 2.46. The van der Waals surface area contributed by atoms with Crippen molar-refractivity contribution >= 4 is 94.1 Å². The van der Waals surface area contributed by atoms with Crippen molar-refractivity contribution in [2.24, 2.45) is 17.6 Å². The van der Waals surface area contributed by atoms with Gasteiger partial charge < -0.3 is 41.3 Å². The van der Waals surface area contributed by atoms with Crippen LogP contribution in [0.1, 0.15) is 134 Å². The van der Waals surface area contributed by atoms with Gasteiger partial charge in [0.2, 0.25) is 29.5 Å². The first kappa shape index (κ1) is 69.9. The monoisotopic (exact) mass is 1320 g/mol. The molecule has 5 aliphatic rings. The minimum absolute atomic E-state index is 0.0829. The van der Waals surface area contributed by atoms with Crippen LogP contribution in [-0.4, -0.2) is 138 Å². The molecule has 0 spiro atoms. The summed E-state index contributed by atoms with van der Waals surface area (Å²) in [5.74, 6) is -5.50. The second kappa shape index (κ2) is 28.3. The Labute approximate surface area is 548 Å². The number of benzene rings is 4. The molecule has 9 rings (SSSR count). The molecule has 3 aliphatic heterocycles. The Morgan fingerprint density at radius 2 is 1.55 bits per heavy atom. The van der Waals surface area contributed by atoms with E-state index in [9.17, 15) is 69.7 Å². The van der Waals surface area contributed by atoms with Crippen LogP contribution in [0.15, 0.2) is 136 Å². The Bertz CT molecular complexity index is 4230. The van der Waals surface area contributed by atoms with Gasteiger partial charge in [0, 0.05) is 85.3 Å². The van der Waals surface area contributed by atoms with Gasteiger partial charge in [0.25, 0.3) is 26.0 Å². The lowest BCUT2D eigenvalue weighted by Gasteiger charge is -2.31. The molecule has 94 heavy (non-hydrogen) atoms. The van der Waals surface area contributed by atoms with Gasteiger partial charge in [-0.1, -0.05) is 95.7 Å². The maximum atomic E-state index is 14.0. The molecule has 0 radical (unpaired) electrons. The molecule has 4 aromatic rings. The Kier molecular flexibility index (Phi) is 21.0. The molecule has 4 aromatic carbocycles. The predicted octanol–water partition coefficient (Wildman–Crippen LogP) is 8.58. The van der Waals surface area contributed by atoms with E-state index in [1.54, 1.807) is 25.1 Å². The van der Waals surface area contributed by atoms with Gasteiger partial charge in [-0.05, 0) is 126 Å². The highest BCUT2D eigenvalue weighted by Crippen LogP contribution is 2.53. The van der Waals surface area contributed by atoms with Crippen molar-refractivity contribution in [1.29, 1.82) is 0 Å². The fraction of sp³-hybridized carbons (Fsp3) is 0.423. The van der Waals surface area contributed by atoms with Crippen LogP contribution in [-0.2, 0) is 64.6 Å². The molecule has 0 aromatic heterocycles. The number of likely N-dealkylation sites (tertiary alicyclic amines) is 2. The molecule has 0 saturated carbocycles. The normalized spacial score (nSPS) is 20.2. The number of β-amino-alcohol motifs (C(OH)–C–C–N with tert-alkyl or cyclic N) is 1. The summed E-state index contributed by atoms with van der Waals surface area (Å²) in [6, 6.07) is 13.6. The number of anilines is 1. The van der Waals surface area contributed by atoms with Gasteiger partial charge in [0.05, 0.1) is 59.8 Å². The van der Waals surface area contributed by atoms with Gasteiger partial charge in [-0.15, -0.1) is 0 Å². The van der Waals surface area contributed by atoms with Crippen LogP contribution in [0.5, 0.6) is 0 Å². The molecule has 8 N–H and O–H groups in total. The summed E-state index contributed by atoms with van der Waals surface area (Å²) >= 11 is 0. The Morgan fingerprint density at radius 3 is 2.24 bits per heavy atom. The number of ketones is 2. The SMILES string of the molecule is CCN1/C(=C/C=C/C=C/C2=C(CCCCCC(=O)NCC(=O)CC(C)C(=O)NCC(=O)N3C[C@@H](O)CC3C(=O)N3CCCC3C(=O)CC(CC3=C[C+]=C(O)C=C3)C(N)=O)c3ccc4c(S(=O)(=O)O)cc(C)cc4c3C2(C)C)C(C)(C)c2c1ccc1ccc(S(=O)(=O)O)cc21. The van der Waals surface area contributed by atoms with Crippen LogP contribution in [0.2, 0.25) is 0 Å². The molecule has 5 atom stereocenters. The number of nitrogens with one attached hydrogen (secondary N) is 2. The first-order chi connectivity index (χ1) is 44.3. The van der Waals surface area contributed by atoms with Crippen LogP contribution >= 0.6 is 0 Å². The number of Topliss-reactive ketones (excluding diaryl/α,β-unsaturated/α-hetero) is 2. The maximum absolute atomic E-state index is 14.0. The van der Waals surface area contributed by atoms with Crippen molar-refractivity contribution in [2.45, 2.75) is 158 Å². The van der Waals surface area contributed by atoms with Gasteiger partial charge in [0.1, 0.15) is 17.0 Å². The largest absolute Gasteiger partial charge is 0.481 e. The Morgan fingerprint density at radius 1 is 0.809 bits per heavy atom. The maximum Gasteiger partial charge on any atom is 0.295 e. The number of hydrogen-bond acceptors (Lipinski definition) is 14. The summed E-state index contributed by atoms with van der Waals surface area (Å²) < 4.78 is 70.1. The fourth-order valence-electron chi connectivity index (χ4n) is 14.2. The molecular formula is C71H83N6O15S2+. The molecule has 23 heteroatoms.